The van der Waals surface area contributed by atoms with E-state index in [1.165, 1.54) is 16.7 Å². The third-order valence-corrected chi connectivity index (χ3v) is 4.00. The molecule has 0 amide bonds. The maximum atomic E-state index is 6.06. The molecule has 2 rings (SSSR count). The lowest BCUT2D eigenvalue weighted by Gasteiger charge is -2.16. The zero-order chi connectivity index (χ0) is 15.2. The van der Waals surface area contributed by atoms with E-state index in [1.807, 2.05) is 24.3 Å². The molecule has 0 atom stereocenters. The van der Waals surface area contributed by atoms with Gasteiger partial charge in [0.1, 0.15) is 12.4 Å². The number of ether oxygens (including phenoxy) is 1. The van der Waals surface area contributed by atoms with E-state index in [4.69, 9.17) is 10.5 Å². The van der Waals surface area contributed by atoms with Crippen LogP contribution < -0.4 is 10.5 Å². The Morgan fingerprint density at radius 1 is 1.10 bits per heavy atom. The first kappa shape index (κ1) is 16.1. The Morgan fingerprint density at radius 3 is 2.48 bits per heavy atom. The second kappa shape index (κ2) is 7.62. The summed E-state index contributed by atoms with van der Waals surface area (Å²) in [6.07, 6.45) is 0.886. The van der Waals surface area contributed by atoms with E-state index in [2.05, 4.69) is 48.0 Å². The highest BCUT2D eigenvalue weighted by Gasteiger charge is 2.09. The van der Waals surface area contributed by atoms with Crippen LogP contribution >= 0.6 is 15.9 Å². The lowest BCUT2D eigenvalue weighted by atomic mass is 10.0. The third kappa shape index (κ3) is 4.32. The molecule has 0 aromatic heterocycles. The molecular weight excluding hydrogens is 326 g/mol. The molecule has 21 heavy (non-hydrogen) atoms. The van der Waals surface area contributed by atoms with Gasteiger partial charge in [-0.25, -0.2) is 0 Å². The van der Waals surface area contributed by atoms with Crippen molar-refractivity contribution in [3.63, 3.8) is 0 Å². The SMILES string of the molecule is CC(C)c1cc(Br)ccc1OCc1ccccc1CCN. The molecular formula is C18H22BrNO. The van der Waals surface area contributed by atoms with Gasteiger partial charge in [-0.05, 0) is 53.8 Å². The van der Waals surface area contributed by atoms with Crippen LogP contribution in [0.3, 0.4) is 0 Å². The molecule has 2 N–H and O–H groups in total. The second-order valence-corrected chi connectivity index (χ2v) is 6.35. The first-order valence-electron chi connectivity index (χ1n) is 7.31. The van der Waals surface area contributed by atoms with Gasteiger partial charge in [-0.3, -0.25) is 0 Å². The molecule has 0 saturated heterocycles. The van der Waals surface area contributed by atoms with Crippen LogP contribution in [0.1, 0.15) is 36.5 Å². The van der Waals surface area contributed by atoms with Crippen LogP contribution in [0.5, 0.6) is 5.75 Å². The maximum Gasteiger partial charge on any atom is 0.123 e. The largest absolute Gasteiger partial charge is 0.489 e. The number of hydrogen-bond acceptors (Lipinski definition) is 2. The summed E-state index contributed by atoms with van der Waals surface area (Å²) in [5, 5.41) is 0. The molecule has 0 aliphatic heterocycles. The Bertz CT molecular complexity index is 596. The molecule has 0 saturated carbocycles. The predicted octanol–water partition coefficient (Wildman–Crippen LogP) is 4.65. The molecule has 0 unspecified atom stereocenters. The fourth-order valence-corrected chi connectivity index (χ4v) is 2.73. The van der Waals surface area contributed by atoms with Crippen LogP contribution in [0.2, 0.25) is 0 Å². The highest BCUT2D eigenvalue weighted by molar-refractivity contribution is 9.10. The van der Waals surface area contributed by atoms with Crippen molar-refractivity contribution in [1.29, 1.82) is 0 Å². The van der Waals surface area contributed by atoms with Gasteiger partial charge in [0.2, 0.25) is 0 Å². The Hall–Kier alpha value is -1.32. The highest BCUT2D eigenvalue weighted by atomic mass is 79.9. The number of hydrogen-bond donors (Lipinski definition) is 1. The van der Waals surface area contributed by atoms with Gasteiger partial charge in [0, 0.05) is 4.47 Å². The number of nitrogens with two attached hydrogens (primary N) is 1. The quantitative estimate of drug-likeness (QED) is 0.825. The van der Waals surface area contributed by atoms with Gasteiger partial charge in [0.05, 0.1) is 0 Å². The van der Waals surface area contributed by atoms with Gasteiger partial charge in [-0.15, -0.1) is 0 Å². The summed E-state index contributed by atoms with van der Waals surface area (Å²) < 4.78 is 7.15. The Morgan fingerprint density at radius 2 is 1.81 bits per heavy atom. The third-order valence-electron chi connectivity index (χ3n) is 3.51. The number of benzene rings is 2. The molecule has 0 heterocycles. The van der Waals surface area contributed by atoms with Gasteiger partial charge < -0.3 is 10.5 Å². The minimum absolute atomic E-state index is 0.428. The molecule has 112 valence electrons. The van der Waals surface area contributed by atoms with E-state index in [0.29, 0.717) is 19.1 Å². The average molecular weight is 348 g/mol. The Labute approximate surface area is 135 Å². The molecule has 0 radical (unpaired) electrons. The summed E-state index contributed by atoms with van der Waals surface area (Å²) in [5.41, 5.74) is 9.37. The molecule has 3 heteroatoms. The average Bonchev–Trinajstić information content (AvgIpc) is 2.47. The molecule has 2 aromatic rings. The molecule has 0 spiro atoms. The maximum absolute atomic E-state index is 6.06. The van der Waals surface area contributed by atoms with Gasteiger partial charge in [-0.2, -0.15) is 0 Å². The van der Waals surface area contributed by atoms with Crippen molar-refractivity contribution in [2.75, 3.05) is 6.54 Å². The van der Waals surface area contributed by atoms with Crippen LogP contribution in [-0.4, -0.2) is 6.54 Å². The number of rotatable bonds is 6. The van der Waals surface area contributed by atoms with Gasteiger partial charge in [0.15, 0.2) is 0 Å². The molecule has 0 bridgehead atoms. The van der Waals surface area contributed by atoms with Gasteiger partial charge in [-0.1, -0.05) is 54.0 Å². The lowest BCUT2D eigenvalue weighted by Crippen LogP contribution is -2.07. The fourth-order valence-electron chi connectivity index (χ4n) is 2.36. The minimum atomic E-state index is 0.428. The highest BCUT2D eigenvalue weighted by Crippen LogP contribution is 2.30. The summed E-state index contributed by atoms with van der Waals surface area (Å²) in [7, 11) is 0. The molecule has 0 fully saturated rings. The van der Waals surface area contributed by atoms with E-state index >= 15 is 0 Å². The smallest absolute Gasteiger partial charge is 0.123 e. The van der Waals surface area contributed by atoms with Crippen molar-refractivity contribution in [3.8, 4) is 5.75 Å². The van der Waals surface area contributed by atoms with Crippen LogP contribution in [-0.2, 0) is 13.0 Å². The normalized spacial score (nSPS) is 10.9. The zero-order valence-corrected chi connectivity index (χ0v) is 14.2. The van der Waals surface area contributed by atoms with Crippen molar-refractivity contribution in [3.05, 3.63) is 63.6 Å². The molecule has 0 aliphatic rings. The first-order valence-corrected chi connectivity index (χ1v) is 8.10. The standard InChI is InChI=1S/C18H22BrNO/c1-13(2)17-11-16(19)7-8-18(17)21-12-15-6-4-3-5-14(15)9-10-20/h3-8,11,13H,9-10,12,20H2,1-2H3. The Kier molecular flexibility index (Phi) is 5.83. The van der Waals surface area contributed by atoms with E-state index < -0.39 is 0 Å². The van der Waals surface area contributed by atoms with Gasteiger partial charge >= 0.3 is 0 Å². The van der Waals surface area contributed by atoms with Crippen LogP contribution in [0.25, 0.3) is 0 Å². The summed E-state index contributed by atoms with van der Waals surface area (Å²) >= 11 is 3.52. The molecule has 2 aromatic carbocycles. The van der Waals surface area contributed by atoms with Crippen LogP contribution in [0.4, 0.5) is 0 Å². The Balaban J connectivity index is 2.17. The molecule has 0 aliphatic carbocycles. The lowest BCUT2D eigenvalue weighted by molar-refractivity contribution is 0.300. The summed E-state index contributed by atoms with van der Waals surface area (Å²) in [4.78, 5) is 0. The van der Waals surface area contributed by atoms with Crippen molar-refractivity contribution in [2.45, 2.75) is 32.8 Å². The first-order chi connectivity index (χ1) is 10.1. The van der Waals surface area contributed by atoms with E-state index in [9.17, 15) is 0 Å². The van der Waals surface area contributed by atoms with Crippen molar-refractivity contribution in [2.24, 2.45) is 5.73 Å². The monoisotopic (exact) mass is 347 g/mol. The fraction of sp³-hybridized carbons (Fsp3) is 0.333. The van der Waals surface area contributed by atoms with E-state index in [-0.39, 0.29) is 0 Å². The minimum Gasteiger partial charge on any atom is -0.489 e. The zero-order valence-electron chi connectivity index (χ0n) is 12.6. The van der Waals surface area contributed by atoms with Crippen molar-refractivity contribution in [1.82, 2.24) is 0 Å². The summed E-state index contributed by atoms with van der Waals surface area (Å²) in [6.45, 7) is 5.60. The van der Waals surface area contributed by atoms with Crippen LogP contribution in [0, 0.1) is 0 Å². The van der Waals surface area contributed by atoms with E-state index in [1.54, 1.807) is 0 Å². The second-order valence-electron chi connectivity index (χ2n) is 5.43. The van der Waals surface area contributed by atoms with Crippen molar-refractivity contribution >= 4 is 15.9 Å². The number of halogens is 1. The van der Waals surface area contributed by atoms with Crippen LogP contribution in [0.15, 0.2) is 46.9 Å². The molecule has 2 nitrogen and oxygen atoms in total. The van der Waals surface area contributed by atoms with Gasteiger partial charge in [0.25, 0.3) is 0 Å². The van der Waals surface area contributed by atoms with E-state index in [0.717, 1.165) is 16.6 Å². The topological polar surface area (TPSA) is 35.2 Å². The van der Waals surface area contributed by atoms with Crippen molar-refractivity contribution < 1.29 is 4.74 Å². The predicted molar refractivity (Wildman–Crippen MR) is 91.8 cm³/mol. The summed E-state index contributed by atoms with van der Waals surface area (Å²) in [6, 6.07) is 14.5. The summed E-state index contributed by atoms with van der Waals surface area (Å²) in [5.74, 6) is 1.38.